The number of rotatable bonds is 8. The minimum Gasteiger partial charge on any atom is -0.478 e. The zero-order valence-corrected chi connectivity index (χ0v) is 22.0. The number of anilines is 2. The Morgan fingerprint density at radius 3 is 2.27 bits per heavy atom. The first-order valence-electron chi connectivity index (χ1n) is 13.2. The number of amides is 1. The summed E-state index contributed by atoms with van der Waals surface area (Å²) in [5.41, 5.74) is 4.89. The molecule has 0 atom stereocenters. The van der Waals surface area contributed by atoms with Gasteiger partial charge in [-0.25, -0.2) is 9.18 Å². The van der Waals surface area contributed by atoms with Crippen molar-refractivity contribution in [3.05, 3.63) is 143 Å². The number of hydrogen-bond acceptors (Lipinski definition) is 3. The second kappa shape index (κ2) is 11.0. The van der Waals surface area contributed by atoms with Crippen molar-refractivity contribution < 1.29 is 19.1 Å². The normalized spacial score (nSPS) is 11.0. The highest BCUT2D eigenvalue weighted by atomic mass is 19.1. The molecule has 1 amide bonds. The molecule has 5 aromatic carbocycles. The van der Waals surface area contributed by atoms with E-state index in [0.717, 1.165) is 44.2 Å². The lowest BCUT2D eigenvalue weighted by Gasteiger charge is -2.14. The number of carboxylic acid groups (broad SMARTS) is 1. The summed E-state index contributed by atoms with van der Waals surface area (Å²) in [5.74, 6) is -1.56. The number of carbonyl (C=O) groups is 2. The summed E-state index contributed by atoms with van der Waals surface area (Å²) in [6.07, 6.45) is 1.97. The molecule has 6 rings (SSSR count). The van der Waals surface area contributed by atoms with Crippen molar-refractivity contribution in [1.29, 1.82) is 0 Å². The molecule has 0 radical (unpaired) electrons. The lowest BCUT2D eigenvalue weighted by Crippen LogP contribution is -2.23. The van der Waals surface area contributed by atoms with Crippen LogP contribution in [-0.2, 0) is 13.1 Å². The number of nitrogens with one attached hydrogen (secondary N) is 2. The molecule has 6 aromatic rings. The number of halogens is 1. The topological polar surface area (TPSA) is 83.4 Å². The van der Waals surface area contributed by atoms with Gasteiger partial charge in [-0.1, -0.05) is 48.5 Å². The van der Waals surface area contributed by atoms with Gasteiger partial charge < -0.3 is 20.3 Å². The van der Waals surface area contributed by atoms with Crippen molar-refractivity contribution in [2.45, 2.75) is 13.1 Å². The zero-order chi connectivity index (χ0) is 28.3. The molecular weight excluding hydrogens is 517 g/mol. The predicted octanol–water partition coefficient (Wildman–Crippen LogP) is 7.35. The fourth-order valence-electron chi connectivity index (χ4n) is 5.01. The molecule has 0 unspecified atom stereocenters. The Hall–Kier alpha value is -5.43. The molecule has 0 saturated carbocycles. The molecule has 0 aliphatic rings. The van der Waals surface area contributed by atoms with Gasteiger partial charge in [-0.05, 0) is 82.6 Å². The third-order valence-corrected chi connectivity index (χ3v) is 7.11. The van der Waals surface area contributed by atoms with Crippen LogP contribution in [0.3, 0.4) is 0 Å². The third-order valence-electron chi connectivity index (χ3n) is 7.11. The van der Waals surface area contributed by atoms with Crippen LogP contribution in [0, 0.1) is 5.82 Å². The van der Waals surface area contributed by atoms with Gasteiger partial charge in [-0.2, -0.15) is 0 Å². The maximum atomic E-state index is 13.5. The van der Waals surface area contributed by atoms with Crippen LogP contribution in [0.4, 0.5) is 15.8 Å². The molecule has 7 heteroatoms. The highest BCUT2D eigenvalue weighted by molar-refractivity contribution is 6.09. The summed E-state index contributed by atoms with van der Waals surface area (Å²) < 4.78 is 15.5. The van der Waals surface area contributed by atoms with Crippen molar-refractivity contribution >= 4 is 44.9 Å². The molecular formula is C34H26FN3O3. The largest absolute Gasteiger partial charge is 0.478 e. The van der Waals surface area contributed by atoms with E-state index in [0.29, 0.717) is 12.1 Å². The van der Waals surface area contributed by atoms with E-state index in [1.807, 2.05) is 30.5 Å². The Morgan fingerprint density at radius 2 is 1.51 bits per heavy atom. The van der Waals surface area contributed by atoms with Crippen LogP contribution in [0.5, 0.6) is 0 Å². The van der Waals surface area contributed by atoms with Gasteiger partial charge in [-0.15, -0.1) is 0 Å². The van der Waals surface area contributed by atoms with E-state index >= 15 is 0 Å². The number of hydrogen-bond donors (Lipinski definition) is 3. The first-order chi connectivity index (χ1) is 19.9. The number of carbonyl (C=O) groups excluding carboxylic acids is 1. The molecule has 41 heavy (non-hydrogen) atoms. The summed E-state index contributed by atoms with van der Waals surface area (Å²) in [4.78, 5) is 24.7. The van der Waals surface area contributed by atoms with Crippen LogP contribution >= 0.6 is 0 Å². The number of aromatic carboxylic acids is 1. The molecule has 0 aliphatic carbocycles. The van der Waals surface area contributed by atoms with E-state index in [1.165, 1.54) is 24.3 Å². The van der Waals surface area contributed by atoms with E-state index in [-0.39, 0.29) is 23.8 Å². The molecule has 3 N–H and O–H groups in total. The quantitative estimate of drug-likeness (QED) is 0.187. The summed E-state index contributed by atoms with van der Waals surface area (Å²) in [5, 5.41) is 18.6. The average molecular weight is 544 g/mol. The van der Waals surface area contributed by atoms with Crippen LogP contribution < -0.4 is 10.6 Å². The van der Waals surface area contributed by atoms with Gasteiger partial charge in [0.1, 0.15) is 5.82 Å². The van der Waals surface area contributed by atoms with Crippen LogP contribution in [-0.4, -0.2) is 21.6 Å². The zero-order valence-electron chi connectivity index (χ0n) is 22.0. The van der Waals surface area contributed by atoms with Gasteiger partial charge in [0.15, 0.2) is 0 Å². The Labute approximate surface area is 235 Å². The van der Waals surface area contributed by atoms with E-state index in [1.54, 1.807) is 30.3 Å². The molecule has 0 saturated heterocycles. The van der Waals surface area contributed by atoms with E-state index in [9.17, 15) is 14.0 Å². The van der Waals surface area contributed by atoms with Crippen LogP contribution in [0.1, 0.15) is 31.8 Å². The second-order valence-corrected chi connectivity index (χ2v) is 9.86. The van der Waals surface area contributed by atoms with Crippen molar-refractivity contribution in [1.82, 2.24) is 9.88 Å². The Kier molecular flexibility index (Phi) is 6.92. The van der Waals surface area contributed by atoms with Gasteiger partial charge >= 0.3 is 5.97 Å². The smallest absolute Gasteiger partial charge is 0.335 e. The Morgan fingerprint density at radius 1 is 0.780 bits per heavy atom. The van der Waals surface area contributed by atoms with Gasteiger partial charge in [-0.3, -0.25) is 4.79 Å². The maximum absolute atomic E-state index is 13.5. The summed E-state index contributed by atoms with van der Waals surface area (Å²) >= 11 is 0. The highest BCUT2D eigenvalue weighted by Gasteiger charge is 2.17. The van der Waals surface area contributed by atoms with E-state index in [4.69, 9.17) is 5.11 Å². The van der Waals surface area contributed by atoms with Crippen molar-refractivity contribution in [3.8, 4) is 0 Å². The number of benzene rings is 5. The first-order valence-corrected chi connectivity index (χ1v) is 13.2. The predicted molar refractivity (Wildman–Crippen MR) is 159 cm³/mol. The number of nitrogens with zero attached hydrogens (tertiary/aromatic N) is 1. The summed E-state index contributed by atoms with van der Waals surface area (Å²) in [6.45, 7) is 0.812. The summed E-state index contributed by atoms with van der Waals surface area (Å²) in [7, 11) is 0. The molecule has 202 valence electrons. The Balaban J connectivity index is 1.34. The van der Waals surface area contributed by atoms with E-state index < -0.39 is 5.97 Å². The standard InChI is InChI=1S/C34H26FN3O3/c35-27-11-13-28(14-12-27)37-31-16-15-30(33(39)36-20-22-5-9-25(10-6-22)34(40)41)32-29(31)17-18-38(32)21-23-7-8-24-3-1-2-4-26(24)19-23/h1-19,37H,20-21H2,(H,36,39)(H,40,41). The molecule has 1 aromatic heterocycles. The second-order valence-electron chi connectivity index (χ2n) is 9.86. The van der Waals surface area contributed by atoms with Gasteiger partial charge in [0.05, 0.1) is 16.6 Å². The van der Waals surface area contributed by atoms with Crippen LogP contribution in [0.25, 0.3) is 21.7 Å². The fraction of sp³-hybridized carbons (Fsp3) is 0.0588. The molecule has 0 aliphatic heterocycles. The number of fused-ring (bicyclic) bond motifs is 2. The monoisotopic (exact) mass is 543 g/mol. The van der Waals surface area contributed by atoms with Crippen LogP contribution in [0.2, 0.25) is 0 Å². The molecule has 0 spiro atoms. The van der Waals surface area contributed by atoms with Gasteiger partial charge in [0.25, 0.3) is 5.91 Å². The Bertz CT molecular complexity index is 1890. The third kappa shape index (κ3) is 5.51. The first kappa shape index (κ1) is 25.8. The lowest BCUT2D eigenvalue weighted by atomic mass is 10.1. The maximum Gasteiger partial charge on any atom is 0.335 e. The van der Waals surface area contributed by atoms with Gasteiger partial charge in [0, 0.05) is 36.0 Å². The van der Waals surface area contributed by atoms with Crippen LogP contribution in [0.15, 0.2) is 115 Å². The SMILES string of the molecule is O=C(O)c1ccc(CNC(=O)c2ccc(Nc3ccc(F)cc3)c3ccn(Cc4ccc5ccccc5c4)c23)cc1. The van der Waals surface area contributed by atoms with Crippen molar-refractivity contribution in [2.24, 2.45) is 0 Å². The lowest BCUT2D eigenvalue weighted by molar-refractivity contribution is 0.0696. The minimum absolute atomic E-state index is 0.192. The van der Waals surface area contributed by atoms with Crippen molar-refractivity contribution in [3.63, 3.8) is 0 Å². The molecule has 0 fully saturated rings. The van der Waals surface area contributed by atoms with Gasteiger partial charge in [0.2, 0.25) is 0 Å². The van der Waals surface area contributed by atoms with E-state index in [2.05, 4.69) is 45.5 Å². The fourth-order valence-corrected chi connectivity index (χ4v) is 5.01. The number of carboxylic acids is 1. The minimum atomic E-state index is -0.996. The molecule has 1 heterocycles. The highest BCUT2D eigenvalue weighted by Crippen LogP contribution is 2.31. The average Bonchev–Trinajstić information content (AvgIpc) is 3.41. The molecule has 0 bridgehead atoms. The number of aromatic nitrogens is 1. The summed E-state index contributed by atoms with van der Waals surface area (Å²) in [6, 6.07) is 32.7. The molecule has 6 nitrogen and oxygen atoms in total. The van der Waals surface area contributed by atoms with Crippen molar-refractivity contribution in [2.75, 3.05) is 5.32 Å².